The molecule has 0 aliphatic carbocycles. The van der Waals surface area contributed by atoms with Gasteiger partial charge >= 0.3 is 6.18 Å². The van der Waals surface area contributed by atoms with Gasteiger partial charge in [-0.1, -0.05) is 0 Å². The number of alkyl halides is 3. The van der Waals surface area contributed by atoms with E-state index in [1.807, 2.05) is 0 Å². The van der Waals surface area contributed by atoms with Crippen LogP contribution in [-0.4, -0.2) is 21.8 Å². The Morgan fingerprint density at radius 1 is 1.00 bits per heavy atom. The Labute approximate surface area is 128 Å². The van der Waals surface area contributed by atoms with E-state index in [0.29, 0.717) is 17.5 Å². The first-order valence-corrected chi connectivity index (χ1v) is 6.60. The third-order valence-corrected chi connectivity index (χ3v) is 3.62. The fourth-order valence-corrected chi connectivity index (χ4v) is 2.26. The first kappa shape index (κ1) is 15.1. The number of fused-ring (bicyclic) bond motifs is 1. The van der Waals surface area contributed by atoms with Gasteiger partial charge in [0, 0.05) is 0 Å². The van der Waals surface area contributed by atoms with Crippen molar-refractivity contribution in [3.8, 4) is 0 Å². The summed E-state index contributed by atoms with van der Waals surface area (Å²) in [6.45, 7) is 3.37. The lowest BCUT2D eigenvalue weighted by Crippen LogP contribution is -2.30. The standard InChI is InChI=1S/C15H10F3N3O2/c1-7-8(2)20-12(6-19-7)21-13(22)10-4-3-9(15(16,17)18)5-11(10)14(21)23/h3-6H,1-2H3. The van der Waals surface area contributed by atoms with Crippen molar-refractivity contribution in [2.75, 3.05) is 4.90 Å². The molecule has 3 rings (SSSR count). The predicted octanol–water partition coefficient (Wildman–Crippen LogP) is 2.91. The van der Waals surface area contributed by atoms with Crippen LogP contribution < -0.4 is 4.90 Å². The fraction of sp³-hybridized carbons (Fsp3) is 0.200. The molecule has 0 unspecified atom stereocenters. The second kappa shape index (κ2) is 4.87. The summed E-state index contributed by atoms with van der Waals surface area (Å²) in [4.78, 5) is 33.5. The average Bonchev–Trinajstić information content (AvgIpc) is 2.73. The molecular formula is C15H10F3N3O2. The molecule has 0 radical (unpaired) electrons. The summed E-state index contributed by atoms with van der Waals surface area (Å²) in [6, 6.07) is 2.47. The SMILES string of the molecule is Cc1ncc(N2C(=O)c3ccc(C(F)(F)F)cc3C2=O)nc1C. The van der Waals surface area contributed by atoms with Crippen LogP contribution in [0.2, 0.25) is 0 Å². The topological polar surface area (TPSA) is 63.2 Å². The van der Waals surface area contributed by atoms with Gasteiger partial charge in [0.05, 0.1) is 34.3 Å². The molecule has 5 nitrogen and oxygen atoms in total. The molecule has 0 bridgehead atoms. The molecular weight excluding hydrogens is 311 g/mol. The highest BCUT2D eigenvalue weighted by molar-refractivity contribution is 6.34. The van der Waals surface area contributed by atoms with Crippen molar-refractivity contribution in [3.63, 3.8) is 0 Å². The number of benzene rings is 1. The number of carbonyl (C=O) groups is 2. The zero-order valence-corrected chi connectivity index (χ0v) is 12.1. The van der Waals surface area contributed by atoms with E-state index in [4.69, 9.17) is 0 Å². The monoisotopic (exact) mass is 321 g/mol. The van der Waals surface area contributed by atoms with Crippen LogP contribution in [0.25, 0.3) is 0 Å². The van der Waals surface area contributed by atoms with E-state index in [-0.39, 0.29) is 16.9 Å². The molecule has 8 heteroatoms. The highest BCUT2D eigenvalue weighted by Gasteiger charge is 2.40. The van der Waals surface area contributed by atoms with Gasteiger partial charge in [-0.2, -0.15) is 13.2 Å². The average molecular weight is 321 g/mol. The first-order valence-electron chi connectivity index (χ1n) is 6.60. The van der Waals surface area contributed by atoms with Crippen molar-refractivity contribution < 1.29 is 22.8 Å². The lowest BCUT2D eigenvalue weighted by molar-refractivity contribution is -0.137. The Morgan fingerprint density at radius 3 is 2.26 bits per heavy atom. The Bertz CT molecular complexity index is 846. The number of rotatable bonds is 1. The number of carbonyl (C=O) groups excluding carboxylic acids is 2. The second-order valence-electron chi connectivity index (χ2n) is 5.10. The minimum Gasteiger partial charge on any atom is -0.268 e. The molecule has 23 heavy (non-hydrogen) atoms. The van der Waals surface area contributed by atoms with Crippen LogP contribution in [0.3, 0.4) is 0 Å². The molecule has 1 aliphatic heterocycles. The van der Waals surface area contributed by atoms with Gasteiger partial charge in [0.2, 0.25) is 0 Å². The lowest BCUT2D eigenvalue weighted by atomic mass is 10.1. The van der Waals surface area contributed by atoms with Gasteiger partial charge in [-0.15, -0.1) is 0 Å². The van der Waals surface area contributed by atoms with Crippen LogP contribution >= 0.6 is 0 Å². The summed E-state index contributed by atoms with van der Waals surface area (Å²) in [5.74, 6) is -1.56. The number of amides is 2. The van der Waals surface area contributed by atoms with Crippen molar-refractivity contribution in [2.24, 2.45) is 0 Å². The number of aryl methyl sites for hydroxylation is 2. The lowest BCUT2D eigenvalue weighted by Gasteiger charge is -2.13. The Balaban J connectivity index is 2.08. The minimum atomic E-state index is -4.59. The van der Waals surface area contributed by atoms with Crippen LogP contribution in [0.15, 0.2) is 24.4 Å². The van der Waals surface area contributed by atoms with Crippen molar-refractivity contribution in [1.29, 1.82) is 0 Å². The summed E-state index contributed by atoms with van der Waals surface area (Å²) in [5.41, 5.74) is -0.196. The maximum atomic E-state index is 12.8. The summed E-state index contributed by atoms with van der Waals surface area (Å²) >= 11 is 0. The molecule has 2 heterocycles. The van der Waals surface area contributed by atoms with Crippen molar-refractivity contribution in [1.82, 2.24) is 9.97 Å². The largest absolute Gasteiger partial charge is 0.416 e. The van der Waals surface area contributed by atoms with E-state index in [2.05, 4.69) is 9.97 Å². The molecule has 2 aromatic rings. The summed E-state index contributed by atoms with van der Waals surface area (Å²) in [7, 11) is 0. The van der Waals surface area contributed by atoms with Crippen molar-refractivity contribution in [2.45, 2.75) is 20.0 Å². The minimum absolute atomic E-state index is 0.00661. The van der Waals surface area contributed by atoms with Gasteiger partial charge in [0.25, 0.3) is 11.8 Å². The van der Waals surface area contributed by atoms with E-state index in [9.17, 15) is 22.8 Å². The summed E-state index contributed by atoms with van der Waals surface area (Å²) in [5, 5.41) is 0. The maximum absolute atomic E-state index is 12.8. The number of hydrogen-bond acceptors (Lipinski definition) is 4. The molecule has 0 saturated carbocycles. The molecule has 1 aromatic carbocycles. The maximum Gasteiger partial charge on any atom is 0.416 e. The number of imide groups is 1. The third-order valence-electron chi connectivity index (χ3n) is 3.62. The van der Waals surface area contributed by atoms with Crippen LogP contribution in [0.4, 0.5) is 19.0 Å². The van der Waals surface area contributed by atoms with Crippen LogP contribution in [0, 0.1) is 13.8 Å². The first-order chi connectivity index (χ1) is 10.7. The Morgan fingerprint density at radius 2 is 1.65 bits per heavy atom. The molecule has 2 amide bonds. The summed E-state index contributed by atoms with van der Waals surface area (Å²) in [6.07, 6.45) is -3.35. The predicted molar refractivity (Wildman–Crippen MR) is 74.1 cm³/mol. The van der Waals surface area contributed by atoms with Crippen LogP contribution in [0.5, 0.6) is 0 Å². The van der Waals surface area contributed by atoms with Gasteiger partial charge in [-0.3, -0.25) is 14.6 Å². The molecule has 1 aromatic heterocycles. The van der Waals surface area contributed by atoms with Gasteiger partial charge in [-0.25, -0.2) is 9.88 Å². The molecule has 0 saturated heterocycles. The number of aromatic nitrogens is 2. The third kappa shape index (κ3) is 2.36. The highest BCUT2D eigenvalue weighted by Crippen LogP contribution is 2.34. The number of anilines is 1. The van der Waals surface area contributed by atoms with Gasteiger partial charge in [-0.05, 0) is 32.0 Å². The molecule has 1 aliphatic rings. The second-order valence-corrected chi connectivity index (χ2v) is 5.10. The quantitative estimate of drug-likeness (QED) is 0.758. The van der Waals surface area contributed by atoms with Crippen LogP contribution in [0.1, 0.15) is 37.7 Å². The van der Waals surface area contributed by atoms with Gasteiger partial charge < -0.3 is 0 Å². The smallest absolute Gasteiger partial charge is 0.268 e. The van der Waals surface area contributed by atoms with Gasteiger partial charge in [0.15, 0.2) is 5.82 Å². The van der Waals surface area contributed by atoms with Crippen molar-refractivity contribution >= 4 is 17.6 Å². The number of nitrogens with zero attached hydrogens (tertiary/aromatic N) is 3. The van der Waals surface area contributed by atoms with Crippen LogP contribution in [-0.2, 0) is 6.18 Å². The molecule has 0 N–H and O–H groups in total. The van der Waals surface area contributed by atoms with E-state index >= 15 is 0 Å². The fourth-order valence-electron chi connectivity index (χ4n) is 2.26. The van der Waals surface area contributed by atoms with E-state index < -0.39 is 23.6 Å². The van der Waals surface area contributed by atoms with Crippen molar-refractivity contribution in [3.05, 3.63) is 52.5 Å². The Kier molecular flexibility index (Phi) is 3.20. The summed E-state index contributed by atoms with van der Waals surface area (Å²) < 4.78 is 38.3. The normalized spacial score (nSPS) is 14.4. The zero-order valence-electron chi connectivity index (χ0n) is 12.1. The number of hydrogen-bond donors (Lipinski definition) is 0. The van der Waals surface area contributed by atoms with E-state index in [1.54, 1.807) is 13.8 Å². The van der Waals surface area contributed by atoms with Gasteiger partial charge in [0.1, 0.15) is 0 Å². The molecule has 0 fully saturated rings. The van der Waals surface area contributed by atoms with E-state index in [1.165, 1.54) is 6.20 Å². The Hall–Kier alpha value is -2.77. The molecule has 118 valence electrons. The van der Waals surface area contributed by atoms with E-state index in [0.717, 1.165) is 17.0 Å². The number of halogens is 3. The molecule has 0 atom stereocenters. The molecule has 0 spiro atoms. The highest BCUT2D eigenvalue weighted by atomic mass is 19.4. The zero-order chi connectivity index (χ0) is 16.9.